The van der Waals surface area contributed by atoms with E-state index in [9.17, 15) is 13.2 Å². The number of hydrogen-bond acceptors (Lipinski definition) is 3. The molecule has 0 aliphatic heterocycles. The summed E-state index contributed by atoms with van der Waals surface area (Å²) in [5, 5.41) is 2.92. The summed E-state index contributed by atoms with van der Waals surface area (Å²) in [7, 11) is -3.45. The van der Waals surface area contributed by atoms with Crippen LogP contribution >= 0.6 is 0 Å². The van der Waals surface area contributed by atoms with Gasteiger partial charge < -0.3 is 5.32 Å². The summed E-state index contributed by atoms with van der Waals surface area (Å²) in [6, 6.07) is 12.9. The number of hydrogen-bond donors (Lipinski definition) is 1. The van der Waals surface area contributed by atoms with Gasteiger partial charge in [-0.15, -0.1) is 0 Å². The van der Waals surface area contributed by atoms with Gasteiger partial charge in [0.15, 0.2) is 0 Å². The van der Waals surface area contributed by atoms with E-state index in [2.05, 4.69) is 5.32 Å². The van der Waals surface area contributed by atoms with E-state index >= 15 is 0 Å². The number of anilines is 1. The molecule has 0 fully saturated rings. The summed E-state index contributed by atoms with van der Waals surface area (Å²) < 4.78 is 26.2. The molecular weight excluding hydrogens is 360 g/mol. The van der Waals surface area contributed by atoms with Gasteiger partial charge in [-0.1, -0.05) is 31.2 Å². The molecule has 2 aromatic carbocycles. The molecular formula is C21H28N2O3S. The summed E-state index contributed by atoms with van der Waals surface area (Å²) >= 11 is 0. The van der Waals surface area contributed by atoms with Crippen LogP contribution in [-0.4, -0.2) is 26.6 Å². The normalized spacial score (nSPS) is 12.5. The molecule has 0 bridgehead atoms. The second-order valence-electron chi connectivity index (χ2n) is 7.04. The predicted octanol–water partition coefficient (Wildman–Crippen LogP) is 3.80. The molecule has 1 N–H and O–H groups in total. The van der Waals surface area contributed by atoms with Crippen LogP contribution in [0.15, 0.2) is 42.5 Å². The minimum Gasteiger partial charge on any atom is -0.350 e. The lowest BCUT2D eigenvalue weighted by Gasteiger charge is -2.25. The van der Waals surface area contributed by atoms with Gasteiger partial charge in [0, 0.05) is 11.6 Å². The minimum atomic E-state index is -3.45. The summed E-state index contributed by atoms with van der Waals surface area (Å²) in [5.41, 5.74) is 3.96. The van der Waals surface area contributed by atoms with Gasteiger partial charge >= 0.3 is 0 Å². The second-order valence-corrected chi connectivity index (χ2v) is 8.95. The van der Waals surface area contributed by atoms with Crippen LogP contribution in [0.5, 0.6) is 0 Å². The molecule has 0 saturated heterocycles. The minimum absolute atomic E-state index is 0.113. The van der Waals surface area contributed by atoms with Crippen molar-refractivity contribution >= 4 is 21.6 Å². The van der Waals surface area contributed by atoms with Crippen LogP contribution in [0.2, 0.25) is 0 Å². The van der Waals surface area contributed by atoms with E-state index < -0.39 is 10.0 Å². The molecule has 27 heavy (non-hydrogen) atoms. The quantitative estimate of drug-likeness (QED) is 0.785. The van der Waals surface area contributed by atoms with Crippen molar-refractivity contribution in [1.82, 2.24) is 5.32 Å². The molecule has 5 nitrogen and oxygen atoms in total. The number of benzene rings is 2. The van der Waals surface area contributed by atoms with Crippen molar-refractivity contribution < 1.29 is 13.2 Å². The third-order valence-electron chi connectivity index (χ3n) is 4.57. The van der Waals surface area contributed by atoms with E-state index in [1.54, 1.807) is 24.3 Å². The number of carbonyl (C=O) groups is 1. The van der Waals surface area contributed by atoms with Crippen LogP contribution in [0.25, 0.3) is 0 Å². The highest BCUT2D eigenvalue weighted by atomic mass is 32.2. The molecule has 2 rings (SSSR count). The molecule has 0 radical (unpaired) electrons. The van der Waals surface area contributed by atoms with Crippen molar-refractivity contribution in [2.75, 3.05) is 10.6 Å². The molecule has 1 amide bonds. The van der Waals surface area contributed by atoms with Gasteiger partial charge in [-0.25, -0.2) is 8.42 Å². The molecule has 0 spiro atoms. The summed E-state index contributed by atoms with van der Waals surface area (Å²) in [4.78, 5) is 12.2. The Morgan fingerprint density at radius 3 is 2.30 bits per heavy atom. The third kappa shape index (κ3) is 5.57. The van der Waals surface area contributed by atoms with Crippen molar-refractivity contribution in [3.63, 3.8) is 0 Å². The Labute approximate surface area is 162 Å². The lowest BCUT2D eigenvalue weighted by atomic mass is 10.1. The summed E-state index contributed by atoms with van der Waals surface area (Å²) in [5.74, 6) is -0.120. The van der Waals surface area contributed by atoms with Crippen molar-refractivity contribution in [2.45, 2.75) is 46.7 Å². The van der Waals surface area contributed by atoms with Crippen molar-refractivity contribution in [3.05, 3.63) is 64.7 Å². The zero-order chi connectivity index (χ0) is 20.2. The van der Waals surface area contributed by atoms with Crippen LogP contribution in [0, 0.1) is 13.8 Å². The number of aryl methyl sites for hydroxylation is 2. The first kappa shape index (κ1) is 21.0. The van der Waals surface area contributed by atoms with Crippen molar-refractivity contribution in [1.29, 1.82) is 0 Å². The fourth-order valence-electron chi connectivity index (χ4n) is 2.71. The van der Waals surface area contributed by atoms with Crippen LogP contribution in [0.4, 0.5) is 5.69 Å². The van der Waals surface area contributed by atoms with Crippen LogP contribution < -0.4 is 9.62 Å². The Morgan fingerprint density at radius 1 is 1.11 bits per heavy atom. The molecule has 0 saturated carbocycles. The van der Waals surface area contributed by atoms with Gasteiger partial charge in [-0.05, 0) is 62.1 Å². The Morgan fingerprint density at radius 2 is 1.74 bits per heavy atom. The number of carbonyl (C=O) groups excluding carboxylic acids is 1. The molecule has 0 heterocycles. The monoisotopic (exact) mass is 388 g/mol. The van der Waals surface area contributed by atoms with E-state index in [0.717, 1.165) is 23.1 Å². The largest absolute Gasteiger partial charge is 0.350 e. The summed E-state index contributed by atoms with van der Waals surface area (Å²) in [6.45, 7) is 8.03. The lowest BCUT2D eigenvalue weighted by molar-refractivity contribution is 0.0939. The Balaban J connectivity index is 2.26. The van der Waals surface area contributed by atoms with Crippen LogP contribution in [0.3, 0.4) is 0 Å². The molecule has 6 heteroatoms. The lowest BCUT2D eigenvalue weighted by Crippen LogP contribution is -2.32. The SMILES string of the molecule is CC[C@@H](C)NC(=O)c1ccc(CN(c2cc(C)ccc2C)S(C)(=O)=O)cc1. The van der Waals surface area contributed by atoms with Crippen molar-refractivity contribution in [2.24, 2.45) is 0 Å². The van der Waals surface area contributed by atoms with Crippen molar-refractivity contribution in [3.8, 4) is 0 Å². The number of amides is 1. The number of nitrogens with zero attached hydrogens (tertiary/aromatic N) is 1. The van der Waals surface area contributed by atoms with E-state index in [1.807, 2.05) is 45.9 Å². The summed E-state index contributed by atoms with van der Waals surface area (Å²) in [6.07, 6.45) is 2.08. The maximum Gasteiger partial charge on any atom is 0.251 e. The van der Waals surface area contributed by atoms with Gasteiger partial charge in [-0.3, -0.25) is 9.10 Å². The molecule has 1 atom stereocenters. The Bertz CT molecular complexity index is 906. The first-order valence-electron chi connectivity index (χ1n) is 9.06. The maximum absolute atomic E-state index is 12.4. The first-order chi connectivity index (χ1) is 12.6. The topological polar surface area (TPSA) is 66.5 Å². The van der Waals surface area contributed by atoms with Crippen LogP contribution in [-0.2, 0) is 16.6 Å². The highest BCUT2D eigenvalue weighted by Crippen LogP contribution is 2.26. The highest BCUT2D eigenvalue weighted by molar-refractivity contribution is 7.92. The molecule has 0 unspecified atom stereocenters. The predicted molar refractivity (Wildman–Crippen MR) is 111 cm³/mol. The Kier molecular flexibility index (Phi) is 6.65. The van der Waals surface area contributed by atoms with Gasteiger partial charge in [0.1, 0.15) is 0 Å². The van der Waals surface area contributed by atoms with E-state index in [-0.39, 0.29) is 18.5 Å². The number of sulfonamides is 1. The number of rotatable bonds is 7. The van der Waals surface area contributed by atoms with Gasteiger partial charge in [0.05, 0.1) is 18.5 Å². The van der Waals surface area contributed by atoms with Gasteiger partial charge in [0.2, 0.25) is 10.0 Å². The van der Waals surface area contributed by atoms with Gasteiger partial charge in [0.25, 0.3) is 5.91 Å². The highest BCUT2D eigenvalue weighted by Gasteiger charge is 2.20. The molecule has 0 aliphatic rings. The third-order valence-corrected chi connectivity index (χ3v) is 5.69. The van der Waals surface area contributed by atoms with E-state index in [0.29, 0.717) is 11.3 Å². The zero-order valence-corrected chi connectivity index (χ0v) is 17.4. The Hall–Kier alpha value is -2.34. The molecule has 0 aromatic heterocycles. The average molecular weight is 389 g/mol. The molecule has 2 aromatic rings. The van der Waals surface area contributed by atoms with Crippen LogP contribution in [0.1, 0.15) is 47.3 Å². The van der Waals surface area contributed by atoms with E-state index in [1.165, 1.54) is 10.6 Å². The second kappa shape index (κ2) is 8.57. The standard InChI is InChI=1S/C21H28N2O3S/c1-6-17(4)22-21(24)19-11-9-18(10-12-19)14-23(27(5,25)26)20-13-15(2)7-8-16(20)3/h7-13,17H,6,14H2,1-5H3,(H,22,24)/t17-/m1/s1. The fraction of sp³-hybridized carbons (Fsp3) is 0.381. The maximum atomic E-state index is 12.4. The zero-order valence-electron chi connectivity index (χ0n) is 16.6. The van der Waals surface area contributed by atoms with Gasteiger partial charge in [-0.2, -0.15) is 0 Å². The fourth-order valence-corrected chi connectivity index (χ4v) is 3.64. The average Bonchev–Trinajstić information content (AvgIpc) is 2.61. The number of nitrogens with one attached hydrogen (secondary N) is 1. The smallest absolute Gasteiger partial charge is 0.251 e. The van der Waals surface area contributed by atoms with E-state index in [4.69, 9.17) is 0 Å². The molecule has 0 aliphatic carbocycles. The first-order valence-corrected chi connectivity index (χ1v) is 10.9. The molecule has 146 valence electrons.